The van der Waals surface area contributed by atoms with Crippen molar-refractivity contribution in [3.63, 3.8) is 0 Å². The summed E-state index contributed by atoms with van der Waals surface area (Å²) in [7, 11) is 1.65. The fourth-order valence-electron chi connectivity index (χ4n) is 1.91. The van der Waals surface area contributed by atoms with Crippen LogP contribution in [0.2, 0.25) is 0 Å². The van der Waals surface area contributed by atoms with Crippen molar-refractivity contribution < 1.29 is 9.47 Å². The van der Waals surface area contributed by atoms with Gasteiger partial charge in [-0.25, -0.2) is 4.99 Å². The lowest BCUT2D eigenvalue weighted by molar-refractivity contribution is 0.414. The summed E-state index contributed by atoms with van der Waals surface area (Å²) in [6, 6.07) is 15.7. The minimum absolute atomic E-state index is 0.663. The molecule has 0 bridgehead atoms. The van der Waals surface area contributed by atoms with E-state index >= 15 is 0 Å². The van der Waals surface area contributed by atoms with Gasteiger partial charge in [0, 0.05) is 11.1 Å². The van der Waals surface area contributed by atoms with Gasteiger partial charge in [0.1, 0.15) is 11.5 Å². The molecule has 0 atom stereocenters. The van der Waals surface area contributed by atoms with Gasteiger partial charge in [-0.3, -0.25) is 0 Å². The Kier molecular flexibility index (Phi) is 2.73. The monoisotopic (exact) mass is 239 g/mol. The van der Waals surface area contributed by atoms with Gasteiger partial charge in [-0.2, -0.15) is 0 Å². The Morgan fingerprint density at radius 2 is 1.83 bits per heavy atom. The maximum atomic E-state index is 5.80. The Hall–Kier alpha value is -2.29. The predicted octanol–water partition coefficient (Wildman–Crippen LogP) is 3.03. The number of fused-ring (bicyclic) bond motifs is 1. The highest BCUT2D eigenvalue weighted by atomic mass is 16.5. The van der Waals surface area contributed by atoms with Crippen molar-refractivity contribution in [2.75, 3.05) is 7.11 Å². The third-order valence-electron chi connectivity index (χ3n) is 2.91. The van der Waals surface area contributed by atoms with Crippen LogP contribution in [0.4, 0.5) is 0 Å². The van der Waals surface area contributed by atoms with Gasteiger partial charge < -0.3 is 9.47 Å². The third-order valence-corrected chi connectivity index (χ3v) is 2.91. The molecule has 3 rings (SSSR count). The molecule has 0 aromatic heterocycles. The van der Waals surface area contributed by atoms with Crippen molar-refractivity contribution in [1.29, 1.82) is 0 Å². The van der Waals surface area contributed by atoms with Crippen LogP contribution in [0.3, 0.4) is 0 Å². The predicted molar refractivity (Wildman–Crippen MR) is 70.3 cm³/mol. The Balaban J connectivity index is 1.88. The van der Waals surface area contributed by atoms with Crippen LogP contribution in [-0.4, -0.2) is 13.0 Å². The van der Waals surface area contributed by atoms with Gasteiger partial charge in [0.05, 0.1) is 13.7 Å². The molecule has 0 amide bonds. The number of ether oxygens (including phenoxy) is 2. The molecule has 3 nitrogen and oxygen atoms in total. The molecule has 0 fully saturated rings. The van der Waals surface area contributed by atoms with Crippen molar-refractivity contribution in [1.82, 2.24) is 0 Å². The van der Waals surface area contributed by atoms with Gasteiger partial charge >= 0.3 is 0 Å². The zero-order chi connectivity index (χ0) is 12.4. The first-order valence-corrected chi connectivity index (χ1v) is 5.81. The Morgan fingerprint density at radius 3 is 2.61 bits per heavy atom. The van der Waals surface area contributed by atoms with Crippen molar-refractivity contribution >= 4 is 5.90 Å². The molecule has 0 N–H and O–H groups in total. The van der Waals surface area contributed by atoms with E-state index < -0.39 is 0 Å². The average molecular weight is 239 g/mol. The Morgan fingerprint density at radius 1 is 1.06 bits per heavy atom. The molecule has 0 spiro atoms. The minimum Gasteiger partial charge on any atom is -0.497 e. The summed E-state index contributed by atoms with van der Waals surface area (Å²) in [4.78, 5) is 4.45. The first-order valence-electron chi connectivity index (χ1n) is 5.81. The first-order chi connectivity index (χ1) is 8.86. The molecule has 0 saturated heterocycles. The molecule has 1 heterocycles. The Bertz CT molecular complexity index is 588. The summed E-state index contributed by atoms with van der Waals surface area (Å²) >= 11 is 0. The molecular formula is C15H13NO2. The van der Waals surface area contributed by atoms with E-state index in [1.165, 1.54) is 0 Å². The molecule has 18 heavy (non-hydrogen) atoms. The number of nitrogens with zero attached hydrogens (tertiary/aromatic N) is 1. The number of hydrogen-bond donors (Lipinski definition) is 0. The van der Waals surface area contributed by atoms with Crippen LogP contribution in [0.25, 0.3) is 0 Å². The Labute approximate surface area is 106 Å². The maximum Gasteiger partial charge on any atom is 0.222 e. The van der Waals surface area contributed by atoms with E-state index in [-0.39, 0.29) is 0 Å². The molecule has 0 saturated carbocycles. The first kappa shape index (κ1) is 10.8. The van der Waals surface area contributed by atoms with Crippen LogP contribution in [0.1, 0.15) is 11.1 Å². The van der Waals surface area contributed by atoms with Gasteiger partial charge in [0.2, 0.25) is 5.90 Å². The zero-order valence-electron chi connectivity index (χ0n) is 10.1. The van der Waals surface area contributed by atoms with Crippen molar-refractivity contribution in [2.45, 2.75) is 6.54 Å². The van der Waals surface area contributed by atoms with E-state index in [1.54, 1.807) is 7.11 Å². The lowest BCUT2D eigenvalue weighted by Gasteiger charge is -2.17. The lowest BCUT2D eigenvalue weighted by atomic mass is 10.1. The number of benzene rings is 2. The van der Waals surface area contributed by atoms with Crippen molar-refractivity contribution in [3.8, 4) is 11.5 Å². The van der Waals surface area contributed by atoms with E-state index in [0.717, 1.165) is 22.6 Å². The number of methoxy groups -OCH3 is 1. The fourth-order valence-corrected chi connectivity index (χ4v) is 1.91. The topological polar surface area (TPSA) is 30.8 Å². The molecule has 0 aliphatic carbocycles. The van der Waals surface area contributed by atoms with E-state index in [4.69, 9.17) is 9.47 Å². The molecule has 2 aromatic carbocycles. The SMILES string of the molecule is COc1ccc(C2=NCc3ccccc3O2)cc1. The third kappa shape index (κ3) is 1.95. The standard InChI is InChI=1S/C15H13NO2/c1-17-13-8-6-11(7-9-13)15-16-10-12-4-2-3-5-14(12)18-15/h2-9H,10H2,1H3. The van der Waals surface area contributed by atoms with Crippen LogP contribution in [0.5, 0.6) is 11.5 Å². The highest BCUT2D eigenvalue weighted by molar-refractivity contribution is 5.96. The van der Waals surface area contributed by atoms with Gasteiger partial charge in [0.15, 0.2) is 0 Å². The number of hydrogen-bond acceptors (Lipinski definition) is 3. The highest BCUT2D eigenvalue weighted by Gasteiger charge is 2.14. The summed E-state index contributed by atoms with van der Waals surface area (Å²) in [6.45, 7) is 0.664. The second-order valence-corrected chi connectivity index (χ2v) is 4.06. The average Bonchev–Trinajstić information content (AvgIpc) is 2.47. The molecular weight excluding hydrogens is 226 g/mol. The number of para-hydroxylation sites is 1. The van der Waals surface area contributed by atoms with Crippen molar-refractivity contribution in [2.24, 2.45) is 4.99 Å². The van der Waals surface area contributed by atoms with E-state index in [1.807, 2.05) is 48.5 Å². The van der Waals surface area contributed by atoms with Crippen LogP contribution >= 0.6 is 0 Å². The van der Waals surface area contributed by atoms with Gasteiger partial charge in [-0.05, 0) is 30.3 Å². The van der Waals surface area contributed by atoms with Crippen LogP contribution in [0.15, 0.2) is 53.5 Å². The van der Waals surface area contributed by atoms with Crippen molar-refractivity contribution in [3.05, 3.63) is 59.7 Å². The van der Waals surface area contributed by atoms with Crippen LogP contribution < -0.4 is 9.47 Å². The van der Waals surface area contributed by atoms with E-state index in [0.29, 0.717) is 12.4 Å². The van der Waals surface area contributed by atoms with Crippen LogP contribution in [-0.2, 0) is 6.54 Å². The zero-order valence-corrected chi connectivity index (χ0v) is 10.1. The second kappa shape index (κ2) is 4.53. The molecule has 2 aromatic rings. The summed E-state index contributed by atoms with van der Waals surface area (Å²) in [6.07, 6.45) is 0. The number of aliphatic imine (C=N–C) groups is 1. The molecule has 0 unspecified atom stereocenters. The van der Waals surface area contributed by atoms with E-state index in [2.05, 4.69) is 4.99 Å². The largest absolute Gasteiger partial charge is 0.497 e. The van der Waals surface area contributed by atoms with Gasteiger partial charge in [0.25, 0.3) is 0 Å². The summed E-state index contributed by atoms with van der Waals surface area (Å²) < 4.78 is 10.9. The second-order valence-electron chi connectivity index (χ2n) is 4.06. The molecule has 0 radical (unpaired) electrons. The minimum atomic E-state index is 0.663. The normalized spacial score (nSPS) is 13.3. The van der Waals surface area contributed by atoms with Crippen LogP contribution in [0, 0.1) is 0 Å². The quantitative estimate of drug-likeness (QED) is 0.806. The highest BCUT2D eigenvalue weighted by Crippen LogP contribution is 2.25. The number of rotatable bonds is 2. The summed E-state index contributed by atoms with van der Waals surface area (Å²) in [5.41, 5.74) is 2.08. The smallest absolute Gasteiger partial charge is 0.222 e. The summed E-state index contributed by atoms with van der Waals surface area (Å²) in [5, 5.41) is 0. The van der Waals surface area contributed by atoms with Gasteiger partial charge in [-0.15, -0.1) is 0 Å². The van der Waals surface area contributed by atoms with Gasteiger partial charge in [-0.1, -0.05) is 18.2 Å². The molecule has 1 aliphatic rings. The molecule has 1 aliphatic heterocycles. The van der Waals surface area contributed by atoms with E-state index in [9.17, 15) is 0 Å². The molecule has 3 heteroatoms. The maximum absolute atomic E-state index is 5.80. The fraction of sp³-hybridized carbons (Fsp3) is 0.133. The summed E-state index contributed by atoms with van der Waals surface area (Å²) in [5.74, 6) is 2.38. The lowest BCUT2D eigenvalue weighted by Crippen LogP contribution is -2.15. The molecule has 90 valence electrons.